The van der Waals surface area contributed by atoms with Crippen LogP contribution in [0.4, 0.5) is 4.39 Å². The first-order chi connectivity index (χ1) is 7.74. The molecule has 2 nitrogen and oxygen atoms in total. The van der Waals surface area contributed by atoms with Crippen LogP contribution in [0, 0.1) is 5.82 Å². The van der Waals surface area contributed by atoms with Crippen LogP contribution in [0.1, 0.15) is 29.0 Å². The molecule has 0 aliphatic rings. The van der Waals surface area contributed by atoms with Gasteiger partial charge in [-0.15, -0.1) is 11.3 Å². The van der Waals surface area contributed by atoms with E-state index in [9.17, 15) is 4.39 Å². The first kappa shape index (κ1) is 11.2. The van der Waals surface area contributed by atoms with Crippen LogP contribution >= 0.6 is 11.3 Å². The van der Waals surface area contributed by atoms with Crippen molar-refractivity contribution in [1.82, 2.24) is 4.98 Å². The molecule has 0 radical (unpaired) electrons. The largest absolute Gasteiger partial charge is 0.320 e. The molecule has 0 saturated carbocycles. The number of pyridine rings is 1. The maximum atomic E-state index is 13.5. The maximum Gasteiger partial charge on any atom is 0.146 e. The highest BCUT2D eigenvalue weighted by Gasteiger charge is 2.17. The zero-order valence-corrected chi connectivity index (χ0v) is 9.80. The van der Waals surface area contributed by atoms with Gasteiger partial charge in [0.05, 0.1) is 12.2 Å². The van der Waals surface area contributed by atoms with E-state index in [0.29, 0.717) is 5.56 Å². The van der Waals surface area contributed by atoms with Gasteiger partial charge in [-0.25, -0.2) is 4.39 Å². The number of nitrogens with zero attached hydrogens (tertiary/aromatic N) is 1. The minimum Gasteiger partial charge on any atom is -0.320 e. The van der Waals surface area contributed by atoms with Crippen molar-refractivity contribution in [3.63, 3.8) is 0 Å². The third kappa shape index (κ3) is 1.99. The molecule has 2 rings (SSSR count). The SMILES string of the molecule is CCc1ccsc1C(N)c1ccncc1F. The molecule has 1 atom stereocenters. The predicted octanol–water partition coefficient (Wildman–Crippen LogP) is 2.89. The van der Waals surface area contributed by atoms with Gasteiger partial charge >= 0.3 is 0 Å². The maximum absolute atomic E-state index is 13.5. The van der Waals surface area contributed by atoms with Crippen molar-refractivity contribution in [3.05, 3.63) is 51.7 Å². The highest BCUT2D eigenvalue weighted by Crippen LogP contribution is 2.29. The molecule has 0 saturated heterocycles. The molecule has 0 aliphatic carbocycles. The molecule has 0 amide bonds. The number of hydrogen-bond acceptors (Lipinski definition) is 3. The molecular formula is C12H13FN2S. The first-order valence-electron chi connectivity index (χ1n) is 5.15. The van der Waals surface area contributed by atoms with E-state index in [4.69, 9.17) is 5.73 Å². The summed E-state index contributed by atoms with van der Waals surface area (Å²) >= 11 is 1.57. The smallest absolute Gasteiger partial charge is 0.146 e. The quantitative estimate of drug-likeness (QED) is 0.890. The Morgan fingerprint density at radius 2 is 2.31 bits per heavy atom. The average molecular weight is 236 g/mol. The van der Waals surface area contributed by atoms with E-state index in [-0.39, 0.29) is 5.82 Å². The van der Waals surface area contributed by atoms with Crippen LogP contribution in [-0.2, 0) is 6.42 Å². The molecule has 4 heteroatoms. The van der Waals surface area contributed by atoms with Crippen molar-refractivity contribution in [3.8, 4) is 0 Å². The average Bonchev–Trinajstić information content (AvgIpc) is 2.77. The van der Waals surface area contributed by atoms with Gasteiger partial charge in [0.25, 0.3) is 0 Å². The molecule has 2 heterocycles. The Labute approximate surface area is 97.9 Å². The summed E-state index contributed by atoms with van der Waals surface area (Å²) in [5.74, 6) is -0.342. The summed E-state index contributed by atoms with van der Waals surface area (Å²) < 4.78 is 13.5. The fourth-order valence-electron chi connectivity index (χ4n) is 1.69. The van der Waals surface area contributed by atoms with Crippen molar-refractivity contribution < 1.29 is 4.39 Å². The number of thiophene rings is 1. The molecule has 0 bridgehead atoms. The Morgan fingerprint density at radius 3 is 3.00 bits per heavy atom. The lowest BCUT2D eigenvalue weighted by Crippen LogP contribution is -2.13. The normalized spacial score (nSPS) is 12.7. The summed E-state index contributed by atoms with van der Waals surface area (Å²) in [6, 6.07) is 3.29. The van der Waals surface area contributed by atoms with E-state index >= 15 is 0 Å². The molecule has 1 unspecified atom stereocenters. The fraction of sp³-hybridized carbons (Fsp3) is 0.250. The van der Waals surface area contributed by atoms with E-state index in [1.807, 2.05) is 11.4 Å². The van der Waals surface area contributed by atoms with E-state index in [1.54, 1.807) is 23.6 Å². The van der Waals surface area contributed by atoms with Crippen LogP contribution in [-0.4, -0.2) is 4.98 Å². The lowest BCUT2D eigenvalue weighted by molar-refractivity contribution is 0.594. The molecule has 0 fully saturated rings. The number of halogens is 1. The summed E-state index contributed by atoms with van der Waals surface area (Å²) in [7, 11) is 0. The molecule has 16 heavy (non-hydrogen) atoms. The Kier molecular flexibility index (Phi) is 3.31. The molecule has 0 aliphatic heterocycles. The third-order valence-electron chi connectivity index (χ3n) is 2.58. The van der Waals surface area contributed by atoms with E-state index in [1.165, 1.54) is 11.8 Å². The summed E-state index contributed by atoms with van der Waals surface area (Å²) in [6.45, 7) is 2.07. The molecule has 2 N–H and O–H groups in total. The van der Waals surface area contributed by atoms with Crippen molar-refractivity contribution >= 4 is 11.3 Å². The van der Waals surface area contributed by atoms with Gasteiger partial charge in [-0.1, -0.05) is 6.92 Å². The van der Waals surface area contributed by atoms with Gasteiger partial charge in [0.2, 0.25) is 0 Å². The zero-order chi connectivity index (χ0) is 11.5. The standard InChI is InChI=1S/C12H13FN2S/c1-2-8-4-6-16-12(8)11(14)9-3-5-15-7-10(9)13/h3-7,11H,2,14H2,1H3. The molecular weight excluding hydrogens is 223 g/mol. The highest BCUT2D eigenvalue weighted by atomic mass is 32.1. The number of hydrogen-bond donors (Lipinski definition) is 1. The van der Waals surface area contributed by atoms with Crippen molar-refractivity contribution in [2.45, 2.75) is 19.4 Å². The molecule has 0 aromatic carbocycles. The second kappa shape index (κ2) is 4.72. The topological polar surface area (TPSA) is 38.9 Å². The number of nitrogens with two attached hydrogens (primary N) is 1. The summed E-state index contributed by atoms with van der Waals surface area (Å²) in [5, 5.41) is 1.99. The van der Waals surface area contributed by atoms with Gasteiger partial charge in [-0.05, 0) is 29.5 Å². The van der Waals surface area contributed by atoms with E-state index < -0.39 is 6.04 Å². The van der Waals surface area contributed by atoms with Crippen LogP contribution in [0.25, 0.3) is 0 Å². The van der Waals surface area contributed by atoms with Crippen molar-refractivity contribution in [2.24, 2.45) is 5.73 Å². The van der Waals surface area contributed by atoms with Gasteiger partial charge < -0.3 is 5.73 Å². The Balaban J connectivity index is 2.39. The minimum absolute atomic E-state index is 0.342. The van der Waals surface area contributed by atoms with Crippen molar-refractivity contribution in [2.75, 3.05) is 0 Å². The second-order valence-electron chi connectivity index (χ2n) is 3.54. The van der Waals surface area contributed by atoms with Gasteiger partial charge in [0.15, 0.2) is 0 Å². The minimum atomic E-state index is -0.391. The molecule has 2 aromatic heterocycles. The third-order valence-corrected chi connectivity index (χ3v) is 3.63. The van der Waals surface area contributed by atoms with Crippen LogP contribution in [0.5, 0.6) is 0 Å². The second-order valence-corrected chi connectivity index (χ2v) is 4.49. The highest BCUT2D eigenvalue weighted by molar-refractivity contribution is 7.10. The summed E-state index contributed by atoms with van der Waals surface area (Å²) in [6.07, 6.45) is 3.69. The Morgan fingerprint density at radius 1 is 1.50 bits per heavy atom. The van der Waals surface area contributed by atoms with Crippen LogP contribution in [0.2, 0.25) is 0 Å². The monoisotopic (exact) mass is 236 g/mol. The lowest BCUT2D eigenvalue weighted by Gasteiger charge is -2.12. The summed E-state index contributed by atoms with van der Waals surface area (Å²) in [4.78, 5) is 4.76. The van der Waals surface area contributed by atoms with Crippen LogP contribution in [0.15, 0.2) is 29.9 Å². The van der Waals surface area contributed by atoms with Gasteiger partial charge in [-0.2, -0.15) is 0 Å². The summed E-state index contributed by atoms with van der Waals surface area (Å²) in [5.41, 5.74) is 7.78. The Hall–Kier alpha value is -1.26. The first-order valence-corrected chi connectivity index (χ1v) is 6.03. The number of rotatable bonds is 3. The molecule has 2 aromatic rings. The zero-order valence-electron chi connectivity index (χ0n) is 8.98. The molecule has 84 valence electrons. The molecule has 0 spiro atoms. The number of aryl methyl sites for hydroxylation is 1. The van der Waals surface area contributed by atoms with Crippen LogP contribution < -0.4 is 5.73 Å². The van der Waals surface area contributed by atoms with Gasteiger partial charge in [0, 0.05) is 16.6 Å². The van der Waals surface area contributed by atoms with Gasteiger partial charge in [-0.3, -0.25) is 4.98 Å². The fourth-order valence-corrected chi connectivity index (χ4v) is 2.71. The van der Waals surface area contributed by atoms with E-state index in [2.05, 4.69) is 11.9 Å². The number of aromatic nitrogens is 1. The lowest BCUT2D eigenvalue weighted by atomic mass is 10.0. The van der Waals surface area contributed by atoms with Crippen LogP contribution in [0.3, 0.4) is 0 Å². The predicted molar refractivity (Wildman–Crippen MR) is 63.9 cm³/mol. The Bertz CT molecular complexity index is 481. The van der Waals surface area contributed by atoms with Crippen molar-refractivity contribution in [1.29, 1.82) is 0 Å². The van der Waals surface area contributed by atoms with Gasteiger partial charge in [0.1, 0.15) is 5.82 Å². The van der Waals surface area contributed by atoms with E-state index in [0.717, 1.165) is 11.3 Å².